The monoisotopic (exact) mass is 288 g/mol. The van der Waals surface area contributed by atoms with Crippen molar-refractivity contribution in [3.05, 3.63) is 16.8 Å². The van der Waals surface area contributed by atoms with Gasteiger partial charge in [-0.05, 0) is 30.2 Å². The first-order valence-electron chi connectivity index (χ1n) is 7.97. The van der Waals surface area contributed by atoms with E-state index in [0.29, 0.717) is 17.4 Å². The van der Waals surface area contributed by atoms with Crippen molar-refractivity contribution in [2.24, 2.45) is 11.8 Å². The molecule has 4 heteroatoms. The molecule has 0 aliphatic heterocycles. The Morgan fingerprint density at radius 2 is 1.57 bits per heavy atom. The number of nitrogens with zero attached hydrogens (tertiary/aromatic N) is 4. The molecule has 1 rings (SSSR count). The van der Waals surface area contributed by atoms with Crippen LogP contribution >= 0.6 is 0 Å². The van der Waals surface area contributed by atoms with Gasteiger partial charge in [0.2, 0.25) is 0 Å². The number of hydrogen-bond donors (Lipinski definition) is 0. The lowest BCUT2D eigenvalue weighted by Crippen LogP contribution is -2.33. The molecule has 1 heterocycles. The summed E-state index contributed by atoms with van der Waals surface area (Å²) in [6, 6.07) is 2.37. The lowest BCUT2D eigenvalue weighted by atomic mass is 10.0. The second-order valence-corrected chi connectivity index (χ2v) is 6.34. The van der Waals surface area contributed by atoms with Crippen molar-refractivity contribution in [1.82, 2.24) is 10.2 Å². The summed E-state index contributed by atoms with van der Waals surface area (Å²) in [5.41, 5.74) is 2.72. The average Bonchev–Trinajstić information content (AvgIpc) is 2.43. The van der Waals surface area contributed by atoms with Crippen LogP contribution in [-0.2, 0) is 12.8 Å². The second kappa shape index (κ2) is 7.97. The molecule has 0 fully saturated rings. The predicted molar refractivity (Wildman–Crippen MR) is 87.4 cm³/mol. The molecule has 0 radical (unpaired) electrons. The van der Waals surface area contributed by atoms with Crippen molar-refractivity contribution in [3.8, 4) is 6.07 Å². The van der Waals surface area contributed by atoms with Gasteiger partial charge in [-0.25, -0.2) is 0 Å². The van der Waals surface area contributed by atoms with E-state index in [0.717, 1.165) is 43.0 Å². The number of aryl methyl sites for hydroxylation is 1. The van der Waals surface area contributed by atoms with E-state index in [-0.39, 0.29) is 0 Å². The first-order valence-corrected chi connectivity index (χ1v) is 7.97. The van der Waals surface area contributed by atoms with Crippen LogP contribution in [0.15, 0.2) is 0 Å². The highest BCUT2D eigenvalue weighted by Crippen LogP contribution is 2.24. The molecule has 0 atom stereocenters. The molecule has 116 valence electrons. The molecule has 0 N–H and O–H groups in total. The average molecular weight is 288 g/mol. The fourth-order valence-electron chi connectivity index (χ4n) is 2.63. The molecule has 0 spiro atoms. The lowest BCUT2D eigenvalue weighted by Gasteiger charge is -2.28. The molecule has 0 aromatic carbocycles. The third-order valence-corrected chi connectivity index (χ3v) is 3.41. The molecule has 4 nitrogen and oxygen atoms in total. The van der Waals surface area contributed by atoms with Gasteiger partial charge in [0.15, 0.2) is 5.82 Å². The molecule has 0 aliphatic carbocycles. The quantitative estimate of drug-likeness (QED) is 0.769. The van der Waals surface area contributed by atoms with Crippen LogP contribution in [0.25, 0.3) is 0 Å². The molecule has 0 unspecified atom stereocenters. The van der Waals surface area contributed by atoms with Crippen molar-refractivity contribution < 1.29 is 0 Å². The second-order valence-electron chi connectivity index (χ2n) is 6.34. The van der Waals surface area contributed by atoms with Crippen LogP contribution in [0.5, 0.6) is 0 Å². The molecule has 0 bridgehead atoms. The summed E-state index contributed by atoms with van der Waals surface area (Å²) in [7, 11) is 0. The Balaban J connectivity index is 3.33. The molecule has 1 aromatic heterocycles. The Bertz CT molecular complexity index is 490. The van der Waals surface area contributed by atoms with Crippen LogP contribution in [0, 0.1) is 23.2 Å². The summed E-state index contributed by atoms with van der Waals surface area (Å²) in [5.74, 6) is 1.80. The minimum atomic E-state index is 0.521. The van der Waals surface area contributed by atoms with Gasteiger partial charge in [0.25, 0.3) is 0 Å². The Hall–Kier alpha value is -1.63. The molecule has 21 heavy (non-hydrogen) atoms. The molecule has 0 aliphatic rings. The van der Waals surface area contributed by atoms with Gasteiger partial charge in [-0.1, -0.05) is 41.5 Å². The summed E-state index contributed by atoms with van der Waals surface area (Å²) < 4.78 is 0. The molecule has 0 saturated heterocycles. The molecular weight excluding hydrogens is 260 g/mol. The van der Waals surface area contributed by atoms with Gasteiger partial charge in [-0.2, -0.15) is 10.4 Å². The number of hydrogen-bond acceptors (Lipinski definition) is 4. The normalized spacial score (nSPS) is 11.0. The van der Waals surface area contributed by atoms with E-state index < -0.39 is 0 Å². The topological polar surface area (TPSA) is 52.8 Å². The first kappa shape index (κ1) is 17.4. The van der Waals surface area contributed by atoms with Crippen LogP contribution in [0.1, 0.15) is 58.4 Å². The van der Waals surface area contributed by atoms with E-state index in [4.69, 9.17) is 0 Å². The molecule has 1 aromatic rings. The Morgan fingerprint density at radius 1 is 1.00 bits per heavy atom. The van der Waals surface area contributed by atoms with Crippen molar-refractivity contribution in [3.63, 3.8) is 0 Å². The van der Waals surface area contributed by atoms with Gasteiger partial charge >= 0.3 is 0 Å². The third kappa shape index (κ3) is 4.42. The Morgan fingerprint density at radius 3 is 1.95 bits per heavy atom. The molecule has 0 saturated carbocycles. The molecular formula is C17H28N4. The van der Waals surface area contributed by atoms with Gasteiger partial charge in [0.1, 0.15) is 11.6 Å². The maximum Gasteiger partial charge on any atom is 0.169 e. The van der Waals surface area contributed by atoms with Crippen molar-refractivity contribution in [1.29, 1.82) is 5.26 Å². The zero-order valence-electron chi connectivity index (χ0n) is 14.3. The van der Waals surface area contributed by atoms with Gasteiger partial charge in [0, 0.05) is 13.1 Å². The number of nitriles is 1. The SMILES string of the molecule is CCc1nnc(N(CC(C)C)CC(C)C)c(C#N)c1CC. The largest absolute Gasteiger partial charge is 0.354 e. The van der Waals surface area contributed by atoms with E-state index >= 15 is 0 Å². The first-order chi connectivity index (χ1) is 9.94. The zero-order chi connectivity index (χ0) is 16.0. The minimum absolute atomic E-state index is 0.521. The highest BCUT2D eigenvalue weighted by Gasteiger charge is 2.20. The molecule has 0 amide bonds. The number of rotatable bonds is 7. The van der Waals surface area contributed by atoms with Crippen molar-refractivity contribution in [2.75, 3.05) is 18.0 Å². The summed E-state index contributed by atoms with van der Waals surface area (Å²) in [5, 5.41) is 18.4. The van der Waals surface area contributed by atoms with Crippen LogP contribution in [0.3, 0.4) is 0 Å². The van der Waals surface area contributed by atoms with E-state index in [2.05, 4.69) is 62.7 Å². The summed E-state index contributed by atoms with van der Waals surface area (Å²) in [4.78, 5) is 2.22. The standard InChI is InChI=1S/C17H28N4/c1-7-14-15(9-18)17(20-19-16(14)8-2)21(10-12(3)4)11-13(5)6/h12-13H,7-8,10-11H2,1-6H3. The summed E-state index contributed by atoms with van der Waals surface area (Å²) >= 11 is 0. The number of anilines is 1. The van der Waals surface area contributed by atoms with Crippen LogP contribution in [-0.4, -0.2) is 23.3 Å². The maximum atomic E-state index is 9.62. The van der Waals surface area contributed by atoms with Gasteiger partial charge in [-0.15, -0.1) is 5.10 Å². The zero-order valence-corrected chi connectivity index (χ0v) is 14.3. The summed E-state index contributed by atoms with van der Waals surface area (Å²) in [6.07, 6.45) is 1.64. The Kier molecular flexibility index (Phi) is 6.61. The minimum Gasteiger partial charge on any atom is -0.354 e. The van der Waals surface area contributed by atoms with Crippen molar-refractivity contribution >= 4 is 5.82 Å². The lowest BCUT2D eigenvalue weighted by molar-refractivity contribution is 0.545. The predicted octanol–water partition coefficient (Wildman–Crippen LogP) is 3.59. The van der Waals surface area contributed by atoms with Gasteiger partial charge < -0.3 is 4.90 Å². The Labute approximate surface area is 129 Å². The van der Waals surface area contributed by atoms with E-state index in [1.54, 1.807) is 0 Å². The van der Waals surface area contributed by atoms with Crippen LogP contribution in [0.2, 0.25) is 0 Å². The highest BCUT2D eigenvalue weighted by atomic mass is 15.3. The van der Waals surface area contributed by atoms with Crippen LogP contribution in [0.4, 0.5) is 5.82 Å². The van der Waals surface area contributed by atoms with Gasteiger partial charge in [0.05, 0.1) is 5.69 Å². The van der Waals surface area contributed by atoms with Crippen LogP contribution < -0.4 is 4.90 Å². The summed E-state index contributed by atoms with van der Waals surface area (Å²) in [6.45, 7) is 14.7. The smallest absolute Gasteiger partial charge is 0.169 e. The highest BCUT2D eigenvalue weighted by molar-refractivity contribution is 5.58. The fourth-order valence-corrected chi connectivity index (χ4v) is 2.63. The fraction of sp³-hybridized carbons (Fsp3) is 0.706. The number of aromatic nitrogens is 2. The van der Waals surface area contributed by atoms with E-state index in [9.17, 15) is 5.26 Å². The third-order valence-electron chi connectivity index (χ3n) is 3.41. The van der Waals surface area contributed by atoms with E-state index in [1.165, 1.54) is 0 Å². The van der Waals surface area contributed by atoms with Gasteiger partial charge in [-0.3, -0.25) is 0 Å². The maximum absolute atomic E-state index is 9.62. The van der Waals surface area contributed by atoms with E-state index in [1.807, 2.05) is 0 Å². The van der Waals surface area contributed by atoms with Crippen molar-refractivity contribution in [2.45, 2.75) is 54.4 Å².